The van der Waals surface area contributed by atoms with E-state index in [1.54, 1.807) is 0 Å². The molecule has 3 N–H and O–H groups in total. The first-order chi connectivity index (χ1) is 12.0. The van der Waals surface area contributed by atoms with Gasteiger partial charge in [-0.05, 0) is 50.6 Å². The summed E-state index contributed by atoms with van der Waals surface area (Å²) in [6.07, 6.45) is 5.60. The smallest absolute Gasteiger partial charge is 0.338 e. The molecule has 3 heterocycles. The van der Waals surface area contributed by atoms with Crippen LogP contribution in [0.5, 0.6) is 0 Å². The van der Waals surface area contributed by atoms with Crippen molar-refractivity contribution in [3.05, 3.63) is 16.0 Å². The Balaban J connectivity index is 1.61. The van der Waals surface area contributed by atoms with Crippen molar-refractivity contribution >= 4 is 27.3 Å². The van der Waals surface area contributed by atoms with Gasteiger partial charge in [-0.15, -0.1) is 11.3 Å². The zero-order valence-corrected chi connectivity index (χ0v) is 15.7. The number of thiophene rings is 1. The number of unbranched alkanes of at least 4 members (excludes halogenated alkanes) is 1. The van der Waals surface area contributed by atoms with Crippen LogP contribution in [0, 0.1) is 0 Å². The van der Waals surface area contributed by atoms with E-state index in [0.717, 1.165) is 48.5 Å². The van der Waals surface area contributed by atoms with Gasteiger partial charge in [-0.2, -0.15) is 0 Å². The maximum atomic E-state index is 12.6. The quantitative estimate of drug-likeness (QED) is 0.586. The fourth-order valence-electron chi connectivity index (χ4n) is 3.36. The van der Waals surface area contributed by atoms with Crippen molar-refractivity contribution in [1.82, 2.24) is 10.0 Å². The largest absolute Gasteiger partial charge is 0.478 e. The standard InChI is InChI=1S/C16H24N2O5S2/c19-15(20)14-12-6-8-17-10-13(12)24-16(14)25(21,22)18-7-2-1-4-11-5-3-9-23-11/h11,17-18H,1-10H2,(H,19,20). The molecule has 1 saturated heterocycles. The maximum Gasteiger partial charge on any atom is 0.338 e. The second kappa shape index (κ2) is 8.13. The van der Waals surface area contributed by atoms with Gasteiger partial charge in [0.25, 0.3) is 10.0 Å². The van der Waals surface area contributed by atoms with Crippen LogP contribution in [0.1, 0.15) is 52.9 Å². The third-order valence-corrected chi connectivity index (χ3v) is 7.83. The predicted octanol–water partition coefficient (Wildman–Crippen LogP) is 1.72. The number of rotatable bonds is 8. The lowest BCUT2D eigenvalue weighted by molar-refractivity contribution is 0.0692. The molecule has 1 aromatic heterocycles. The van der Waals surface area contributed by atoms with Crippen molar-refractivity contribution in [2.24, 2.45) is 0 Å². The minimum Gasteiger partial charge on any atom is -0.478 e. The number of fused-ring (bicyclic) bond motifs is 1. The Morgan fingerprint density at radius 1 is 1.40 bits per heavy atom. The second-order valence-electron chi connectivity index (χ2n) is 6.43. The van der Waals surface area contributed by atoms with E-state index in [1.807, 2.05) is 0 Å². The van der Waals surface area contributed by atoms with Crippen LogP contribution in [0.3, 0.4) is 0 Å². The van der Waals surface area contributed by atoms with Gasteiger partial charge in [-0.3, -0.25) is 0 Å². The topological polar surface area (TPSA) is 105 Å². The monoisotopic (exact) mass is 388 g/mol. The molecule has 25 heavy (non-hydrogen) atoms. The molecule has 0 amide bonds. The third-order valence-electron chi connectivity index (χ3n) is 4.62. The molecule has 1 aromatic rings. The molecular weight excluding hydrogens is 364 g/mol. The highest BCUT2D eigenvalue weighted by Gasteiger charge is 2.31. The zero-order chi connectivity index (χ0) is 17.9. The van der Waals surface area contributed by atoms with Gasteiger partial charge in [0.2, 0.25) is 0 Å². The number of carboxylic acids is 1. The average molecular weight is 389 g/mol. The van der Waals surface area contributed by atoms with Crippen LogP contribution in [0.2, 0.25) is 0 Å². The number of aromatic carboxylic acids is 1. The molecule has 2 aliphatic heterocycles. The lowest BCUT2D eigenvalue weighted by atomic mass is 10.1. The Morgan fingerprint density at radius 2 is 2.24 bits per heavy atom. The fourth-order valence-corrected chi connectivity index (χ4v) is 6.34. The van der Waals surface area contributed by atoms with Crippen molar-refractivity contribution in [1.29, 1.82) is 0 Å². The fraction of sp³-hybridized carbons (Fsp3) is 0.688. The molecule has 0 aromatic carbocycles. The SMILES string of the molecule is O=C(O)c1c(S(=O)(=O)NCCCCC2CCCO2)sc2c1CCNC2. The molecule has 0 saturated carbocycles. The van der Waals surface area contributed by atoms with Crippen LogP contribution in [0.15, 0.2) is 4.21 Å². The van der Waals surface area contributed by atoms with Crippen LogP contribution in [-0.2, 0) is 27.7 Å². The van der Waals surface area contributed by atoms with Crippen LogP contribution < -0.4 is 10.0 Å². The molecule has 0 bridgehead atoms. The van der Waals surface area contributed by atoms with Crippen LogP contribution in [-0.4, -0.2) is 45.3 Å². The van der Waals surface area contributed by atoms with E-state index in [1.165, 1.54) is 0 Å². The Labute approximate surface area is 151 Å². The normalized spacial score (nSPS) is 20.6. The first-order valence-electron chi connectivity index (χ1n) is 8.69. The molecule has 1 unspecified atom stereocenters. The minimum absolute atomic E-state index is 0.0478. The van der Waals surface area contributed by atoms with E-state index >= 15 is 0 Å². The minimum atomic E-state index is -3.80. The van der Waals surface area contributed by atoms with E-state index < -0.39 is 16.0 Å². The molecule has 9 heteroatoms. The average Bonchev–Trinajstić information content (AvgIpc) is 3.21. The van der Waals surface area contributed by atoms with E-state index in [-0.39, 0.29) is 9.77 Å². The van der Waals surface area contributed by atoms with Crippen LogP contribution >= 0.6 is 11.3 Å². The Bertz CT molecular complexity index is 723. The van der Waals surface area contributed by atoms with Gasteiger partial charge in [-0.25, -0.2) is 17.9 Å². The summed E-state index contributed by atoms with van der Waals surface area (Å²) in [7, 11) is -3.80. The Morgan fingerprint density at radius 3 is 2.96 bits per heavy atom. The molecule has 0 aliphatic carbocycles. The highest BCUT2D eigenvalue weighted by molar-refractivity contribution is 7.91. The summed E-state index contributed by atoms with van der Waals surface area (Å²) in [5.74, 6) is -1.17. The van der Waals surface area contributed by atoms with E-state index in [9.17, 15) is 18.3 Å². The number of carboxylic acid groups (broad SMARTS) is 1. The summed E-state index contributed by atoms with van der Waals surface area (Å²) < 4.78 is 33.2. The molecule has 7 nitrogen and oxygen atoms in total. The van der Waals surface area contributed by atoms with Crippen molar-refractivity contribution < 1.29 is 23.1 Å². The molecule has 1 fully saturated rings. The Hall–Kier alpha value is -1.00. The van der Waals surface area contributed by atoms with Gasteiger partial charge < -0.3 is 15.2 Å². The highest BCUT2D eigenvalue weighted by atomic mass is 32.2. The first kappa shape index (κ1) is 18.8. The summed E-state index contributed by atoms with van der Waals surface area (Å²) in [5.41, 5.74) is 0.614. The number of nitrogens with one attached hydrogen (secondary N) is 2. The maximum absolute atomic E-state index is 12.6. The lowest BCUT2D eigenvalue weighted by Crippen LogP contribution is -2.26. The van der Waals surface area contributed by atoms with Crippen LogP contribution in [0.4, 0.5) is 0 Å². The van der Waals surface area contributed by atoms with Crippen molar-refractivity contribution in [2.45, 2.75) is 55.4 Å². The molecule has 2 aliphatic rings. The number of hydrogen-bond acceptors (Lipinski definition) is 6. The molecule has 3 rings (SSSR count). The summed E-state index contributed by atoms with van der Waals surface area (Å²) in [6.45, 7) is 2.33. The van der Waals surface area contributed by atoms with E-state index in [0.29, 0.717) is 44.1 Å². The third kappa shape index (κ3) is 4.40. The van der Waals surface area contributed by atoms with E-state index in [2.05, 4.69) is 10.0 Å². The van der Waals surface area contributed by atoms with Crippen molar-refractivity contribution in [3.8, 4) is 0 Å². The lowest BCUT2D eigenvalue weighted by Gasteiger charge is -2.12. The predicted molar refractivity (Wildman–Crippen MR) is 94.7 cm³/mol. The molecular formula is C16H24N2O5S2. The summed E-state index contributed by atoms with van der Waals surface area (Å²) >= 11 is 1.07. The Kier molecular flexibility index (Phi) is 6.11. The van der Waals surface area contributed by atoms with Gasteiger partial charge in [0.15, 0.2) is 0 Å². The number of sulfonamides is 1. The summed E-state index contributed by atoms with van der Waals surface area (Å²) in [4.78, 5) is 12.4. The molecule has 1 atom stereocenters. The van der Waals surface area contributed by atoms with Crippen molar-refractivity contribution in [2.75, 3.05) is 19.7 Å². The van der Waals surface area contributed by atoms with E-state index in [4.69, 9.17) is 4.74 Å². The molecule has 140 valence electrons. The molecule has 0 spiro atoms. The molecule has 0 radical (unpaired) electrons. The summed E-state index contributed by atoms with van der Waals surface area (Å²) in [6, 6.07) is 0. The highest BCUT2D eigenvalue weighted by Crippen LogP contribution is 2.34. The van der Waals surface area contributed by atoms with Gasteiger partial charge in [0.1, 0.15) is 4.21 Å². The number of ether oxygens (including phenoxy) is 1. The van der Waals surface area contributed by atoms with Gasteiger partial charge in [0, 0.05) is 24.6 Å². The second-order valence-corrected chi connectivity index (χ2v) is 9.49. The van der Waals surface area contributed by atoms with Crippen molar-refractivity contribution in [3.63, 3.8) is 0 Å². The van der Waals surface area contributed by atoms with Gasteiger partial charge in [0.05, 0.1) is 11.7 Å². The van der Waals surface area contributed by atoms with Gasteiger partial charge >= 0.3 is 5.97 Å². The van der Waals surface area contributed by atoms with Gasteiger partial charge in [-0.1, -0.05) is 0 Å². The summed E-state index contributed by atoms with van der Waals surface area (Å²) in [5, 5.41) is 12.6. The number of carbonyl (C=O) groups is 1. The zero-order valence-electron chi connectivity index (χ0n) is 14.0. The van der Waals surface area contributed by atoms with Crippen LogP contribution in [0.25, 0.3) is 0 Å². The number of hydrogen-bond donors (Lipinski definition) is 3. The first-order valence-corrected chi connectivity index (χ1v) is 11.0.